The molecule has 0 aliphatic carbocycles. The van der Waals surface area contributed by atoms with E-state index in [-0.39, 0.29) is 12.6 Å². The van der Waals surface area contributed by atoms with Gasteiger partial charge >= 0.3 is 5.97 Å². The monoisotopic (exact) mass is 379 g/mol. The number of likely N-dealkylation sites (N-methyl/N-ethyl adjacent to an activating group) is 1. The summed E-state index contributed by atoms with van der Waals surface area (Å²) in [6, 6.07) is 7.78. The molecule has 7 nitrogen and oxygen atoms in total. The average molecular weight is 380 g/mol. The highest BCUT2D eigenvalue weighted by atomic mass is 16.5. The Morgan fingerprint density at radius 3 is 2.70 bits per heavy atom. The van der Waals surface area contributed by atoms with E-state index >= 15 is 0 Å². The molecule has 1 heterocycles. The standard InChI is InChI=1S/C20H33N3O4/c1-3-22-9-11-23(12-10-22)15-18(24)16-27-19-6-4-5-17(13-19)14-21-8-7-20(25)26-2/h4-6,13,18,21,24H,3,7-12,14-16H2,1-2H3/t18-/m0/s1. The molecule has 0 bridgehead atoms. The molecule has 2 rings (SSSR count). The SMILES string of the molecule is CCN1CCN(C[C@H](O)COc2cccc(CNCCC(=O)OC)c2)CC1. The van der Waals surface area contributed by atoms with Crippen LogP contribution >= 0.6 is 0 Å². The lowest BCUT2D eigenvalue weighted by molar-refractivity contribution is -0.140. The van der Waals surface area contributed by atoms with E-state index in [0.29, 0.717) is 26.1 Å². The van der Waals surface area contributed by atoms with Crippen LogP contribution in [0, 0.1) is 0 Å². The second-order valence-electron chi connectivity index (χ2n) is 6.85. The topological polar surface area (TPSA) is 74.3 Å². The lowest BCUT2D eigenvalue weighted by atomic mass is 10.2. The van der Waals surface area contributed by atoms with Crippen LogP contribution in [0.15, 0.2) is 24.3 Å². The summed E-state index contributed by atoms with van der Waals surface area (Å²) in [6.45, 7) is 9.55. The van der Waals surface area contributed by atoms with Gasteiger partial charge in [0.2, 0.25) is 0 Å². The van der Waals surface area contributed by atoms with Gasteiger partial charge in [-0.2, -0.15) is 0 Å². The van der Waals surface area contributed by atoms with Crippen LogP contribution in [0.3, 0.4) is 0 Å². The Hall–Kier alpha value is -1.67. The fourth-order valence-electron chi connectivity index (χ4n) is 3.10. The van der Waals surface area contributed by atoms with Crippen LogP contribution < -0.4 is 10.1 Å². The fraction of sp³-hybridized carbons (Fsp3) is 0.650. The Bertz CT molecular complexity index is 562. The van der Waals surface area contributed by atoms with Gasteiger partial charge in [0, 0.05) is 45.8 Å². The maximum atomic E-state index is 11.1. The summed E-state index contributed by atoms with van der Waals surface area (Å²) in [6.07, 6.45) is -0.147. The number of nitrogens with one attached hydrogen (secondary N) is 1. The van der Waals surface area contributed by atoms with Gasteiger partial charge in [0.15, 0.2) is 0 Å². The number of aliphatic hydroxyl groups excluding tert-OH is 1. The molecular weight excluding hydrogens is 346 g/mol. The molecular formula is C20H33N3O4. The molecule has 7 heteroatoms. The summed E-state index contributed by atoms with van der Waals surface area (Å²) in [4.78, 5) is 15.8. The number of esters is 1. The minimum atomic E-state index is -0.500. The molecule has 0 unspecified atom stereocenters. The minimum absolute atomic E-state index is 0.218. The third kappa shape index (κ3) is 8.26. The molecule has 1 fully saturated rings. The number of carbonyl (C=O) groups is 1. The highest BCUT2D eigenvalue weighted by molar-refractivity contribution is 5.69. The molecule has 2 N–H and O–H groups in total. The predicted molar refractivity (Wildman–Crippen MR) is 105 cm³/mol. The number of piperazine rings is 1. The van der Waals surface area contributed by atoms with Crippen molar-refractivity contribution in [3.05, 3.63) is 29.8 Å². The van der Waals surface area contributed by atoms with Crippen LogP contribution in [0.4, 0.5) is 0 Å². The van der Waals surface area contributed by atoms with Crippen molar-refractivity contribution in [2.45, 2.75) is 26.0 Å². The average Bonchev–Trinajstić information content (AvgIpc) is 2.70. The summed E-state index contributed by atoms with van der Waals surface area (Å²) in [5, 5.41) is 13.5. The van der Waals surface area contributed by atoms with E-state index in [1.165, 1.54) is 7.11 Å². The van der Waals surface area contributed by atoms with Crippen LogP contribution in [0.25, 0.3) is 0 Å². The number of hydrogen-bond donors (Lipinski definition) is 2. The molecule has 0 spiro atoms. The Balaban J connectivity index is 1.67. The van der Waals surface area contributed by atoms with Crippen LogP contribution in [0.2, 0.25) is 0 Å². The summed E-state index contributed by atoms with van der Waals surface area (Å²) in [5.74, 6) is 0.529. The quantitative estimate of drug-likeness (QED) is 0.433. The van der Waals surface area contributed by atoms with Gasteiger partial charge in [-0.15, -0.1) is 0 Å². The van der Waals surface area contributed by atoms with Gasteiger partial charge in [-0.1, -0.05) is 19.1 Å². The van der Waals surface area contributed by atoms with E-state index in [9.17, 15) is 9.90 Å². The van der Waals surface area contributed by atoms with Crippen molar-refractivity contribution in [1.82, 2.24) is 15.1 Å². The molecule has 152 valence electrons. The molecule has 1 aromatic carbocycles. The first kappa shape index (κ1) is 21.6. The predicted octanol–water partition coefficient (Wildman–Crippen LogP) is 0.717. The Morgan fingerprint density at radius 1 is 1.26 bits per heavy atom. The van der Waals surface area contributed by atoms with Crippen molar-refractivity contribution in [2.75, 3.05) is 59.5 Å². The summed E-state index contributed by atoms with van der Waals surface area (Å²) in [5.41, 5.74) is 1.07. The Morgan fingerprint density at radius 2 is 2.00 bits per heavy atom. The summed E-state index contributed by atoms with van der Waals surface area (Å²) < 4.78 is 10.4. The number of nitrogens with zero attached hydrogens (tertiary/aromatic N) is 2. The maximum absolute atomic E-state index is 11.1. The normalized spacial score (nSPS) is 16.9. The zero-order valence-electron chi connectivity index (χ0n) is 16.5. The molecule has 0 aromatic heterocycles. The number of hydrogen-bond acceptors (Lipinski definition) is 7. The molecule has 27 heavy (non-hydrogen) atoms. The Kier molecular flexibility index (Phi) is 9.55. The number of benzene rings is 1. The van der Waals surface area contributed by atoms with E-state index in [1.807, 2.05) is 24.3 Å². The summed E-state index contributed by atoms with van der Waals surface area (Å²) >= 11 is 0. The molecule has 0 amide bonds. The maximum Gasteiger partial charge on any atom is 0.306 e. The first-order valence-corrected chi connectivity index (χ1v) is 9.72. The van der Waals surface area contributed by atoms with Crippen LogP contribution in [0.1, 0.15) is 18.9 Å². The number of methoxy groups -OCH3 is 1. The van der Waals surface area contributed by atoms with Crippen molar-refractivity contribution < 1.29 is 19.4 Å². The zero-order valence-corrected chi connectivity index (χ0v) is 16.5. The van der Waals surface area contributed by atoms with E-state index < -0.39 is 6.10 Å². The first-order valence-electron chi connectivity index (χ1n) is 9.72. The fourth-order valence-corrected chi connectivity index (χ4v) is 3.10. The zero-order chi connectivity index (χ0) is 19.5. The highest BCUT2D eigenvalue weighted by Gasteiger charge is 2.18. The number of ether oxygens (including phenoxy) is 2. The van der Waals surface area contributed by atoms with E-state index in [2.05, 4.69) is 26.8 Å². The van der Waals surface area contributed by atoms with Crippen LogP contribution in [-0.2, 0) is 16.1 Å². The molecule has 1 aromatic rings. The highest BCUT2D eigenvalue weighted by Crippen LogP contribution is 2.14. The second kappa shape index (κ2) is 11.9. The van der Waals surface area contributed by atoms with Gasteiger partial charge in [-0.25, -0.2) is 0 Å². The van der Waals surface area contributed by atoms with Gasteiger partial charge in [0.05, 0.1) is 13.5 Å². The van der Waals surface area contributed by atoms with Crippen molar-refractivity contribution in [3.8, 4) is 5.75 Å². The van der Waals surface area contributed by atoms with Gasteiger partial charge in [-0.3, -0.25) is 9.69 Å². The van der Waals surface area contributed by atoms with E-state index in [4.69, 9.17) is 4.74 Å². The molecule has 1 aliphatic heterocycles. The van der Waals surface area contributed by atoms with Crippen molar-refractivity contribution in [3.63, 3.8) is 0 Å². The number of rotatable bonds is 11. The number of β-amino-alcohol motifs (C(OH)–C–C–N with tert-alkyl or cyclic N) is 1. The van der Waals surface area contributed by atoms with E-state index in [1.54, 1.807) is 0 Å². The van der Waals surface area contributed by atoms with Crippen LogP contribution in [-0.4, -0.2) is 86.5 Å². The van der Waals surface area contributed by atoms with Gasteiger partial charge in [0.1, 0.15) is 18.5 Å². The number of carbonyl (C=O) groups excluding carboxylic acids is 1. The smallest absolute Gasteiger partial charge is 0.306 e. The van der Waals surface area contributed by atoms with Gasteiger partial charge < -0.3 is 24.8 Å². The molecule has 1 atom stereocenters. The van der Waals surface area contributed by atoms with E-state index in [0.717, 1.165) is 44.0 Å². The lowest BCUT2D eigenvalue weighted by Crippen LogP contribution is -2.49. The third-order valence-electron chi connectivity index (χ3n) is 4.78. The van der Waals surface area contributed by atoms with Crippen LogP contribution in [0.5, 0.6) is 5.75 Å². The first-order chi connectivity index (χ1) is 13.1. The molecule has 0 saturated carbocycles. The third-order valence-corrected chi connectivity index (χ3v) is 4.78. The molecule has 0 radical (unpaired) electrons. The minimum Gasteiger partial charge on any atom is -0.491 e. The largest absolute Gasteiger partial charge is 0.491 e. The molecule has 1 aliphatic rings. The van der Waals surface area contributed by atoms with Gasteiger partial charge in [0.25, 0.3) is 0 Å². The molecule has 1 saturated heterocycles. The lowest BCUT2D eigenvalue weighted by Gasteiger charge is -2.34. The van der Waals surface area contributed by atoms with Crippen molar-refractivity contribution in [1.29, 1.82) is 0 Å². The van der Waals surface area contributed by atoms with Crippen molar-refractivity contribution >= 4 is 5.97 Å². The Labute approximate surface area is 162 Å². The van der Waals surface area contributed by atoms with Crippen molar-refractivity contribution in [2.24, 2.45) is 0 Å². The number of aliphatic hydroxyl groups is 1. The summed E-state index contributed by atoms with van der Waals surface area (Å²) in [7, 11) is 1.39. The second-order valence-corrected chi connectivity index (χ2v) is 6.85. The van der Waals surface area contributed by atoms with Gasteiger partial charge in [-0.05, 0) is 24.2 Å².